The van der Waals surface area contributed by atoms with E-state index in [4.69, 9.17) is 14.5 Å². The Hall–Kier alpha value is -2.55. The molecule has 0 saturated carbocycles. The molecule has 1 fully saturated rings. The van der Waals surface area contributed by atoms with Crippen LogP contribution in [0.25, 0.3) is 10.2 Å². The van der Waals surface area contributed by atoms with Gasteiger partial charge in [0, 0.05) is 29.8 Å². The molecule has 2 aromatic carbocycles. The Balaban J connectivity index is 1.48. The fraction of sp³-hybridized carbons (Fsp3) is 0.350. The lowest BCUT2D eigenvalue weighted by molar-refractivity contribution is -0.385. The molecular formula is C20H19N3O4S. The summed E-state index contributed by atoms with van der Waals surface area (Å²) in [5.41, 5.74) is 2.70. The quantitative estimate of drug-likeness (QED) is 0.479. The van der Waals surface area contributed by atoms with Crippen molar-refractivity contribution < 1.29 is 14.4 Å². The van der Waals surface area contributed by atoms with Crippen LogP contribution in [-0.4, -0.2) is 28.1 Å². The predicted molar refractivity (Wildman–Crippen MR) is 105 cm³/mol. The second-order valence-electron chi connectivity index (χ2n) is 7.11. The molecule has 5 rings (SSSR count). The number of ether oxygens (including phenoxy) is 2. The van der Waals surface area contributed by atoms with E-state index in [1.807, 2.05) is 18.2 Å². The van der Waals surface area contributed by atoms with E-state index in [9.17, 15) is 10.1 Å². The summed E-state index contributed by atoms with van der Waals surface area (Å²) in [6.07, 6.45) is 2.13. The Morgan fingerprint density at radius 3 is 3.07 bits per heavy atom. The van der Waals surface area contributed by atoms with Crippen LogP contribution in [0, 0.1) is 10.1 Å². The fourth-order valence-electron chi connectivity index (χ4n) is 4.05. The van der Waals surface area contributed by atoms with Gasteiger partial charge in [0.05, 0.1) is 27.8 Å². The molecule has 0 amide bonds. The number of likely N-dealkylation sites (tertiary alicyclic amines) is 1. The number of hydrogen-bond donors (Lipinski definition) is 0. The van der Waals surface area contributed by atoms with Gasteiger partial charge in [0.25, 0.3) is 5.69 Å². The topological polar surface area (TPSA) is 77.7 Å². The second-order valence-corrected chi connectivity index (χ2v) is 8.17. The first-order valence-electron chi connectivity index (χ1n) is 9.29. The normalized spacial score (nSPS) is 19.5. The van der Waals surface area contributed by atoms with Crippen LogP contribution in [0.1, 0.15) is 35.0 Å². The van der Waals surface area contributed by atoms with Gasteiger partial charge in [-0.25, -0.2) is 4.98 Å². The molecule has 1 atom stereocenters. The largest absolute Gasteiger partial charge is 0.467 e. The van der Waals surface area contributed by atoms with Crippen molar-refractivity contribution in [3.8, 4) is 5.75 Å². The zero-order chi connectivity index (χ0) is 19.1. The van der Waals surface area contributed by atoms with Gasteiger partial charge in [-0.3, -0.25) is 15.0 Å². The van der Waals surface area contributed by atoms with E-state index >= 15 is 0 Å². The molecule has 2 aliphatic heterocycles. The van der Waals surface area contributed by atoms with Crippen LogP contribution in [0.3, 0.4) is 0 Å². The van der Waals surface area contributed by atoms with E-state index in [1.54, 1.807) is 23.5 Å². The van der Waals surface area contributed by atoms with Crippen molar-refractivity contribution in [1.29, 1.82) is 0 Å². The third-order valence-electron chi connectivity index (χ3n) is 5.32. The number of non-ortho nitro benzene ring substituents is 1. The van der Waals surface area contributed by atoms with E-state index in [1.165, 1.54) is 4.70 Å². The average molecular weight is 397 g/mol. The van der Waals surface area contributed by atoms with E-state index in [0.717, 1.165) is 46.8 Å². The Morgan fingerprint density at radius 1 is 1.32 bits per heavy atom. The number of nitro groups is 1. The Bertz CT molecular complexity index is 1020. The standard InChI is InChI=1S/C20H19N3O4S/c24-23(25)15-8-13(19-14(9-15)11-26-12-27-19)10-22-7-3-5-17(22)20-21-16-4-1-2-6-18(16)28-20/h1-2,4,6,8-9,17H,3,5,7,10-12H2/t17-/m1/s1. The van der Waals surface area contributed by atoms with Crippen LogP contribution in [0.2, 0.25) is 0 Å². The number of thiazole rings is 1. The number of benzene rings is 2. The molecule has 0 bridgehead atoms. The van der Waals surface area contributed by atoms with Crippen LogP contribution in [-0.2, 0) is 17.9 Å². The Kier molecular flexibility index (Phi) is 4.46. The molecule has 0 radical (unpaired) electrons. The van der Waals surface area contributed by atoms with E-state index in [0.29, 0.717) is 13.2 Å². The third-order valence-corrected chi connectivity index (χ3v) is 6.45. The minimum Gasteiger partial charge on any atom is -0.467 e. The van der Waals surface area contributed by atoms with E-state index in [2.05, 4.69) is 11.0 Å². The molecule has 1 aromatic heterocycles. The highest BCUT2D eigenvalue weighted by Gasteiger charge is 2.31. The highest BCUT2D eigenvalue weighted by molar-refractivity contribution is 7.18. The van der Waals surface area contributed by atoms with Crippen molar-refractivity contribution in [2.24, 2.45) is 0 Å². The van der Waals surface area contributed by atoms with Crippen molar-refractivity contribution in [1.82, 2.24) is 9.88 Å². The average Bonchev–Trinajstić information content (AvgIpc) is 3.34. The first kappa shape index (κ1) is 17.5. The molecule has 2 aliphatic rings. The minimum atomic E-state index is -0.354. The first-order valence-corrected chi connectivity index (χ1v) is 10.1. The van der Waals surface area contributed by atoms with Gasteiger partial charge in [-0.05, 0) is 31.5 Å². The Morgan fingerprint density at radius 2 is 2.21 bits per heavy atom. The molecule has 0 N–H and O–H groups in total. The van der Waals surface area contributed by atoms with Crippen molar-refractivity contribution >= 4 is 27.2 Å². The lowest BCUT2D eigenvalue weighted by Crippen LogP contribution is -2.24. The maximum atomic E-state index is 11.4. The number of fused-ring (bicyclic) bond motifs is 2. The molecule has 7 nitrogen and oxygen atoms in total. The molecule has 8 heteroatoms. The molecule has 3 aromatic rings. The Labute approximate surface area is 165 Å². The first-order chi connectivity index (χ1) is 13.7. The zero-order valence-electron chi connectivity index (χ0n) is 15.2. The molecule has 144 valence electrons. The smallest absolute Gasteiger partial charge is 0.270 e. The second kappa shape index (κ2) is 7.12. The van der Waals surface area contributed by atoms with Gasteiger partial charge in [0.1, 0.15) is 10.8 Å². The van der Waals surface area contributed by atoms with Crippen molar-refractivity contribution in [3.05, 3.63) is 62.6 Å². The van der Waals surface area contributed by atoms with Crippen LogP contribution in [0.15, 0.2) is 36.4 Å². The van der Waals surface area contributed by atoms with E-state index < -0.39 is 0 Å². The molecule has 0 unspecified atom stereocenters. The van der Waals surface area contributed by atoms with Crippen LogP contribution >= 0.6 is 11.3 Å². The third kappa shape index (κ3) is 3.13. The summed E-state index contributed by atoms with van der Waals surface area (Å²) >= 11 is 1.73. The van der Waals surface area contributed by atoms with Crippen molar-refractivity contribution in [3.63, 3.8) is 0 Å². The molecule has 28 heavy (non-hydrogen) atoms. The summed E-state index contributed by atoms with van der Waals surface area (Å²) in [6, 6.07) is 11.6. The number of hydrogen-bond acceptors (Lipinski definition) is 7. The van der Waals surface area contributed by atoms with Crippen molar-refractivity contribution in [2.75, 3.05) is 13.3 Å². The SMILES string of the molecule is O=[N+]([O-])c1cc2c(c(CN3CCC[C@@H]3c3nc4ccccc4s3)c1)OCOC2. The highest BCUT2D eigenvalue weighted by atomic mass is 32.1. The summed E-state index contributed by atoms with van der Waals surface area (Å²) in [5.74, 6) is 0.729. The number of para-hydroxylation sites is 1. The fourth-order valence-corrected chi connectivity index (χ4v) is 5.19. The summed E-state index contributed by atoms with van der Waals surface area (Å²) in [4.78, 5) is 18.2. The predicted octanol–water partition coefficient (Wildman–Crippen LogP) is 4.41. The van der Waals surface area contributed by atoms with Gasteiger partial charge >= 0.3 is 0 Å². The van der Waals surface area contributed by atoms with Crippen LogP contribution in [0.5, 0.6) is 5.75 Å². The summed E-state index contributed by atoms with van der Waals surface area (Å²) in [5, 5.41) is 12.5. The molecular weight excluding hydrogens is 378 g/mol. The summed E-state index contributed by atoms with van der Waals surface area (Å²) < 4.78 is 12.2. The number of nitro benzene ring substituents is 1. The number of rotatable bonds is 4. The number of nitrogens with zero attached hydrogens (tertiary/aromatic N) is 3. The van der Waals surface area contributed by atoms with Gasteiger partial charge in [0.2, 0.25) is 0 Å². The number of aromatic nitrogens is 1. The van der Waals surface area contributed by atoms with Gasteiger partial charge < -0.3 is 9.47 Å². The molecule has 1 saturated heterocycles. The van der Waals surface area contributed by atoms with Crippen molar-refractivity contribution in [2.45, 2.75) is 32.0 Å². The lowest BCUT2D eigenvalue weighted by atomic mass is 10.1. The van der Waals surface area contributed by atoms with Gasteiger partial charge in [-0.15, -0.1) is 11.3 Å². The van der Waals surface area contributed by atoms with Crippen LogP contribution in [0.4, 0.5) is 5.69 Å². The molecule has 3 heterocycles. The summed E-state index contributed by atoms with van der Waals surface area (Å²) in [7, 11) is 0. The molecule has 0 aliphatic carbocycles. The zero-order valence-corrected chi connectivity index (χ0v) is 16.0. The minimum absolute atomic E-state index is 0.0820. The van der Waals surface area contributed by atoms with Gasteiger partial charge in [-0.2, -0.15) is 0 Å². The van der Waals surface area contributed by atoms with Gasteiger partial charge in [0.15, 0.2) is 6.79 Å². The van der Waals surface area contributed by atoms with Crippen LogP contribution < -0.4 is 4.74 Å². The highest BCUT2D eigenvalue weighted by Crippen LogP contribution is 2.40. The lowest BCUT2D eigenvalue weighted by Gasteiger charge is -2.26. The monoisotopic (exact) mass is 397 g/mol. The van der Waals surface area contributed by atoms with Gasteiger partial charge in [-0.1, -0.05) is 12.1 Å². The van der Waals surface area contributed by atoms with E-state index in [-0.39, 0.29) is 23.4 Å². The maximum Gasteiger partial charge on any atom is 0.270 e. The molecule has 0 spiro atoms. The maximum absolute atomic E-state index is 11.4. The summed E-state index contributed by atoms with van der Waals surface area (Å²) in [6.45, 7) is 2.06.